The summed E-state index contributed by atoms with van der Waals surface area (Å²) in [6, 6.07) is 5.02. The zero-order valence-electron chi connectivity index (χ0n) is 10.2. The van der Waals surface area contributed by atoms with Crippen molar-refractivity contribution < 1.29 is 13.2 Å². The fourth-order valence-corrected chi connectivity index (χ4v) is 3.31. The molecule has 102 valence electrons. The van der Waals surface area contributed by atoms with E-state index in [1.165, 1.54) is 0 Å². The number of benzene rings is 1. The highest BCUT2D eigenvalue weighted by molar-refractivity contribution is 7.94. The Morgan fingerprint density at radius 1 is 1.37 bits per heavy atom. The van der Waals surface area contributed by atoms with Crippen LogP contribution in [0.25, 0.3) is 0 Å². The summed E-state index contributed by atoms with van der Waals surface area (Å²) in [5, 5.41) is 7.10. The highest BCUT2D eigenvalue weighted by atomic mass is 32.2. The first-order chi connectivity index (χ1) is 8.92. The molecule has 2 rings (SSSR count). The summed E-state index contributed by atoms with van der Waals surface area (Å²) in [6.45, 7) is 1.77. The average Bonchev–Trinajstić information content (AvgIpc) is 2.79. The van der Waals surface area contributed by atoms with Gasteiger partial charge in [0.1, 0.15) is 5.75 Å². The van der Waals surface area contributed by atoms with Gasteiger partial charge in [0.2, 0.25) is 5.13 Å². The van der Waals surface area contributed by atoms with E-state index >= 15 is 0 Å². The number of nitrogens with one attached hydrogen (secondary N) is 1. The zero-order chi connectivity index (χ0) is 14.0. The molecule has 0 amide bonds. The smallest absolute Gasteiger partial charge is 0.291 e. The Bertz CT molecular complexity index is 697. The molecule has 1 heterocycles. The van der Waals surface area contributed by atoms with E-state index < -0.39 is 10.0 Å². The molecule has 0 aliphatic rings. The Labute approximate surface area is 114 Å². The Kier molecular flexibility index (Phi) is 3.58. The fourth-order valence-electron chi connectivity index (χ4n) is 1.40. The summed E-state index contributed by atoms with van der Waals surface area (Å²) in [6.07, 6.45) is 0. The first-order valence-electron chi connectivity index (χ1n) is 5.19. The van der Waals surface area contributed by atoms with Gasteiger partial charge in [-0.3, -0.25) is 4.72 Å². The van der Waals surface area contributed by atoms with E-state index in [9.17, 15) is 8.42 Å². The third-order valence-electron chi connectivity index (χ3n) is 2.33. The molecule has 19 heavy (non-hydrogen) atoms. The topological polar surface area (TPSA) is 107 Å². The maximum Gasteiger partial charge on any atom is 0.291 e. The summed E-state index contributed by atoms with van der Waals surface area (Å²) < 4.78 is 31.4. The van der Waals surface area contributed by atoms with Crippen molar-refractivity contribution in [1.29, 1.82) is 0 Å². The highest BCUT2D eigenvalue weighted by Crippen LogP contribution is 2.25. The van der Waals surface area contributed by atoms with E-state index in [1.54, 1.807) is 32.2 Å². The summed E-state index contributed by atoms with van der Waals surface area (Å²) in [5.74, 6) is 0.653. The van der Waals surface area contributed by atoms with Crippen molar-refractivity contribution in [2.45, 2.75) is 11.3 Å². The summed E-state index contributed by atoms with van der Waals surface area (Å²) in [7, 11) is -2.22. The summed E-state index contributed by atoms with van der Waals surface area (Å²) in [5.41, 5.74) is 6.56. The molecule has 0 fully saturated rings. The minimum absolute atomic E-state index is 0.104. The largest absolute Gasteiger partial charge is 0.497 e. The SMILES string of the molecule is COc1ccc(NS(=O)(=O)c2nnc(N)s2)c(C)c1. The molecule has 1 aromatic heterocycles. The van der Waals surface area contributed by atoms with Crippen molar-refractivity contribution >= 4 is 32.2 Å². The van der Waals surface area contributed by atoms with Crippen LogP contribution in [-0.4, -0.2) is 25.7 Å². The molecule has 0 unspecified atom stereocenters. The van der Waals surface area contributed by atoms with Crippen molar-refractivity contribution in [3.8, 4) is 5.75 Å². The molecule has 0 bridgehead atoms. The van der Waals surface area contributed by atoms with Crippen LogP contribution in [0.5, 0.6) is 5.75 Å². The molecule has 0 aliphatic carbocycles. The van der Waals surface area contributed by atoms with Gasteiger partial charge in [-0.1, -0.05) is 11.3 Å². The number of hydrogen-bond acceptors (Lipinski definition) is 7. The molecule has 0 saturated carbocycles. The van der Waals surface area contributed by atoms with E-state index in [4.69, 9.17) is 10.5 Å². The van der Waals surface area contributed by atoms with Crippen LogP contribution in [0.4, 0.5) is 10.8 Å². The van der Waals surface area contributed by atoms with Crippen LogP contribution in [0.3, 0.4) is 0 Å². The van der Waals surface area contributed by atoms with Crippen LogP contribution < -0.4 is 15.2 Å². The van der Waals surface area contributed by atoms with Gasteiger partial charge in [-0.2, -0.15) is 8.42 Å². The number of nitrogen functional groups attached to an aromatic ring is 1. The predicted molar refractivity (Wildman–Crippen MR) is 72.9 cm³/mol. The van der Waals surface area contributed by atoms with Crippen molar-refractivity contribution in [3.05, 3.63) is 23.8 Å². The molecule has 0 spiro atoms. The van der Waals surface area contributed by atoms with Gasteiger partial charge in [0.25, 0.3) is 14.4 Å². The van der Waals surface area contributed by atoms with E-state index in [0.29, 0.717) is 11.4 Å². The lowest BCUT2D eigenvalue weighted by Crippen LogP contribution is -2.13. The fraction of sp³-hybridized carbons (Fsp3) is 0.200. The van der Waals surface area contributed by atoms with Crippen LogP contribution in [0.15, 0.2) is 22.5 Å². The molecule has 1 aromatic carbocycles. The molecule has 0 atom stereocenters. The lowest BCUT2D eigenvalue weighted by Gasteiger charge is -2.09. The summed E-state index contributed by atoms with van der Waals surface area (Å²) in [4.78, 5) is 0. The first-order valence-corrected chi connectivity index (χ1v) is 7.49. The Hall–Kier alpha value is -1.87. The number of ether oxygens (including phenoxy) is 1. The summed E-state index contributed by atoms with van der Waals surface area (Å²) >= 11 is 0.808. The molecule has 3 N–H and O–H groups in total. The second-order valence-corrected chi connectivity index (χ2v) is 6.56. The van der Waals surface area contributed by atoms with E-state index in [0.717, 1.165) is 16.9 Å². The van der Waals surface area contributed by atoms with Gasteiger partial charge in [0, 0.05) is 0 Å². The number of methoxy groups -OCH3 is 1. The third kappa shape index (κ3) is 2.93. The van der Waals surface area contributed by atoms with Crippen LogP contribution in [0.2, 0.25) is 0 Å². The third-order valence-corrected chi connectivity index (χ3v) is 4.82. The van der Waals surface area contributed by atoms with Gasteiger partial charge < -0.3 is 10.5 Å². The van der Waals surface area contributed by atoms with Gasteiger partial charge in [-0.25, -0.2) is 0 Å². The molecule has 0 radical (unpaired) electrons. The number of aryl methyl sites for hydroxylation is 1. The molecule has 2 aromatic rings. The van der Waals surface area contributed by atoms with Gasteiger partial charge in [-0.05, 0) is 30.7 Å². The van der Waals surface area contributed by atoms with E-state index in [2.05, 4.69) is 14.9 Å². The maximum atomic E-state index is 12.0. The van der Waals surface area contributed by atoms with Gasteiger partial charge in [0.15, 0.2) is 0 Å². The van der Waals surface area contributed by atoms with Gasteiger partial charge >= 0.3 is 0 Å². The lowest BCUT2D eigenvalue weighted by atomic mass is 10.2. The molecule has 0 aliphatic heterocycles. The van der Waals surface area contributed by atoms with Gasteiger partial charge in [0.05, 0.1) is 12.8 Å². The maximum absolute atomic E-state index is 12.0. The normalized spacial score (nSPS) is 11.3. The van der Waals surface area contributed by atoms with Crippen molar-refractivity contribution in [1.82, 2.24) is 10.2 Å². The lowest BCUT2D eigenvalue weighted by molar-refractivity contribution is 0.414. The standard InChI is InChI=1S/C10H12N4O3S2/c1-6-5-7(17-2)3-4-8(6)14-19(15,16)10-13-12-9(11)18-10/h3-5,14H,1-2H3,(H2,11,12). The molecular weight excluding hydrogens is 288 g/mol. The van der Waals surface area contributed by atoms with Crippen molar-refractivity contribution in [3.63, 3.8) is 0 Å². The second-order valence-electron chi connectivity index (χ2n) is 3.69. The Morgan fingerprint density at radius 3 is 2.63 bits per heavy atom. The van der Waals surface area contributed by atoms with E-state index in [-0.39, 0.29) is 9.47 Å². The minimum Gasteiger partial charge on any atom is -0.497 e. The first kappa shape index (κ1) is 13.6. The molecular formula is C10H12N4O3S2. The van der Waals surface area contributed by atoms with E-state index in [1.807, 2.05) is 0 Å². The second kappa shape index (κ2) is 5.02. The number of aromatic nitrogens is 2. The van der Waals surface area contributed by atoms with Crippen molar-refractivity contribution in [2.24, 2.45) is 0 Å². The molecule has 9 heteroatoms. The average molecular weight is 300 g/mol. The minimum atomic E-state index is -3.76. The number of rotatable bonds is 4. The quantitative estimate of drug-likeness (QED) is 0.879. The molecule has 0 saturated heterocycles. The Morgan fingerprint density at radius 2 is 2.11 bits per heavy atom. The number of anilines is 2. The zero-order valence-corrected chi connectivity index (χ0v) is 11.9. The van der Waals surface area contributed by atoms with Crippen LogP contribution >= 0.6 is 11.3 Å². The monoisotopic (exact) mass is 300 g/mol. The number of nitrogens with two attached hydrogens (primary N) is 1. The highest BCUT2D eigenvalue weighted by Gasteiger charge is 2.20. The van der Waals surface area contributed by atoms with Crippen LogP contribution in [0, 0.1) is 6.92 Å². The number of hydrogen-bond donors (Lipinski definition) is 2. The number of nitrogens with zero attached hydrogens (tertiary/aromatic N) is 2. The van der Waals surface area contributed by atoms with Crippen LogP contribution in [0.1, 0.15) is 5.56 Å². The predicted octanol–water partition coefficient (Wildman–Crippen LogP) is 1.24. The molecule has 7 nitrogen and oxygen atoms in total. The number of sulfonamides is 1. The Balaban J connectivity index is 2.30. The van der Waals surface area contributed by atoms with Gasteiger partial charge in [-0.15, -0.1) is 10.2 Å². The van der Waals surface area contributed by atoms with Crippen molar-refractivity contribution in [2.75, 3.05) is 17.6 Å². The van der Waals surface area contributed by atoms with Crippen LogP contribution in [-0.2, 0) is 10.0 Å².